The zero-order chi connectivity index (χ0) is 20.2. The molecule has 2 aliphatic rings. The number of pyridine rings is 1. The highest BCUT2D eigenvalue weighted by atomic mass is 35.5. The van der Waals surface area contributed by atoms with E-state index in [0.717, 1.165) is 5.56 Å². The Morgan fingerprint density at radius 2 is 2.04 bits per heavy atom. The van der Waals surface area contributed by atoms with Gasteiger partial charge in [0.25, 0.3) is 5.92 Å². The van der Waals surface area contributed by atoms with Crippen molar-refractivity contribution in [2.75, 3.05) is 31.7 Å². The molecule has 0 spiro atoms. The molecule has 2 aromatic rings. The first-order valence-electron chi connectivity index (χ1n) is 8.64. The number of fused-ring (bicyclic) bond motifs is 3. The lowest BCUT2D eigenvalue weighted by atomic mass is 10.0. The molecule has 0 saturated carbocycles. The first kappa shape index (κ1) is 19.4. The minimum Gasteiger partial charge on any atom is -0.495 e. The molecule has 2 aliphatic heterocycles. The van der Waals surface area contributed by atoms with Crippen LogP contribution in [0.3, 0.4) is 0 Å². The van der Waals surface area contributed by atoms with Crippen LogP contribution in [-0.2, 0) is 17.9 Å². The van der Waals surface area contributed by atoms with Crippen molar-refractivity contribution >= 4 is 45.8 Å². The van der Waals surface area contributed by atoms with E-state index in [0.29, 0.717) is 28.0 Å². The number of methoxy groups -OCH3 is 1. The van der Waals surface area contributed by atoms with E-state index in [9.17, 15) is 18.7 Å². The van der Waals surface area contributed by atoms with Gasteiger partial charge in [-0.3, -0.25) is 4.79 Å². The van der Waals surface area contributed by atoms with Crippen molar-refractivity contribution in [2.45, 2.75) is 25.4 Å². The topological polar surface area (TPSA) is 65.9 Å². The summed E-state index contributed by atoms with van der Waals surface area (Å²) in [4.78, 5) is 19.6. The summed E-state index contributed by atoms with van der Waals surface area (Å²) in [6.45, 7) is -0.545. The number of hydrogen-bond donors (Lipinski definition) is 1. The Bertz CT molecular complexity index is 987. The highest BCUT2D eigenvalue weighted by Crippen LogP contribution is 2.44. The fourth-order valence-corrected chi connectivity index (χ4v) is 4.25. The van der Waals surface area contributed by atoms with Gasteiger partial charge in [0.15, 0.2) is 0 Å². The maximum absolute atomic E-state index is 13.8. The van der Waals surface area contributed by atoms with Gasteiger partial charge in [0.05, 0.1) is 30.7 Å². The smallest absolute Gasteiger partial charge is 0.266 e. The van der Waals surface area contributed by atoms with Crippen molar-refractivity contribution in [1.29, 1.82) is 0 Å². The molecule has 1 fully saturated rings. The van der Waals surface area contributed by atoms with E-state index in [4.69, 9.17) is 27.9 Å². The molecule has 4 rings (SSSR count). The van der Waals surface area contributed by atoms with E-state index in [1.54, 1.807) is 6.07 Å². The number of ether oxygens (including phenoxy) is 1. The van der Waals surface area contributed by atoms with Gasteiger partial charge in [-0.15, -0.1) is 0 Å². The number of aliphatic hydroxyl groups is 1. The summed E-state index contributed by atoms with van der Waals surface area (Å²) in [6.07, 6.45) is -0.266. The van der Waals surface area contributed by atoms with Gasteiger partial charge in [0, 0.05) is 30.5 Å². The molecule has 6 nitrogen and oxygen atoms in total. The number of aromatic nitrogens is 1. The summed E-state index contributed by atoms with van der Waals surface area (Å²) in [7, 11) is 1.46. The lowest BCUT2D eigenvalue weighted by Crippen LogP contribution is -2.29. The highest BCUT2D eigenvalue weighted by Gasteiger charge is 2.41. The second kappa shape index (κ2) is 6.86. The third kappa shape index (κ3) is 3.03. The van der Waals surface area contributed by atoms with Crippen molar-refractivity contribution in [3.05, 3.63) is 27.2 Å². The quantitative estimate of drug-likeness (QED) is 0.807. The number of anilines is 1. The number of aliphatic hydroxyl groups excluding tert-OH is 1. The lowest BCUT2D eigenvalue weighted by Gasteiger charge is -2.22. The Balaban J connectivity index is 1.93. The van der Waals surface area contributed by atoms with E-state index in [-0.39, 0.29) is 36.1 Å². The summed E-state index contributed by atoms with van der Waals surface area (Å²) >= 11 is 12.7. The molecule has 0 unspecified atom stereocenters. The number of hydrogen-bond acceptors (Lipinski definition) is 5. The lowest BCUT2D eigenvalue weighted by molar-refractivity contribution is -0.134. The second-order valence-corrected chi connectivity index (χ2v) is 7.69. The number of benzene rings is 1. The van der Waals surface area contributed by atoms with E-state index in [1.807, 2.05) is 0 Å². The first-order valence-corrected chi connectivity index (χ1v) is 9.40. The van der Waals surface area contributed by atoms with Gasteiger partial charge in [0.2, 0.25) is 5.91 Å². The molecule has 0 atom stereocenters. The Kier molecular flexibility index (Phi) is 4.76. The number of rotatable bonds is 3. The molecular weight excluding hydrogens is 415 g/mol. The first-order chi connectivity index (χ1) is 13.3. The standard InChI is InChI=1S/C18H17Cl2F2N3O3/c1-28-12-4-9-10-5-25(13(27)7-26)6-11(10)17(23-16(9)15(20)14(12)19)24-3-2-18(21,22)8-24/h4,26H,2-3,5-8H2,1H3. The van der Waals surface area contributed by atoms with Crippen LogP contribution in [0.25, 0.3) is 10.9 Å². The molecule has 150 valence electrons. The van der Waals surface area contributed by atoms with Crippen molar-refractivity contribution in [1.82, 2.24) is 9.88 Å². The zero-order valence-electron chi connectivity index (χ0n) is 14.9. The highest BCUT2D eigenvalue weighted by molar-refractivity contribution is 6.46. The molecule has 3 heterocycles. The Morgan fingerprint density at radius 1 is 1.32 bits per heavy atom. The molecule has 1 saturated heterocycles. The van der Waals surface area contributed by atoms with Crippen molar-refractivity contribution in [2.24, 2.45) is 0 Å². The predicted molar refractivity (Wildman–Crippen MR) is 101 cm³/mol. The molecule has 1 N–H and O–H groups in total. The zero-order valence-corrected chi connectivity index (χ0v) is 16.4. The van der Waals surface area contributed by atoms with Crippen LogP contribution in [0.5, 0.6) is 5.75 Å². The van der Waals surface area contributed by atoms with Crippen LogP contribution in [0.1, 0.15) is 17.5 Å². The third-order valence-corrected chi connectivity index (χ3v) is 6.04. The summed E-state index contributed by atoms with van der Waals surface area (Å²) in [6, 6.07) is 1.69. The average molecular weight is 432 g/mol. The average Bonchev–Trinajstić information content (AvgIpc) is 3.27. The summed E-state index contributed by atoms with van der Waals surface area (Å²) in [5.41, 5.74) is 1.79. The molecule has 1 amide bonds. The number of nitrogens with zero attached hydrogens (tertiary/aromatic N) is 3. The fraction of sp³-hybridized carbons (Fsp3) is 0.444. The molecular formula is C18H17Cl2F2N3O3. The Hall–Kier alpha value is -1.90. The molecule has 1 aromatic heterocycles. The summed E-state index contributed by atoms with van der Waals surface area (Å²) < 4.78 is 32.9. The SMILES string of the molecule is COc1cc2c3c(c(N4CCC(F)(F)C4)nc2c(Cl)c1Cl)CN(C(=O)CO)C3. The molecule has 0 bridgehead atoms. The van der Waals surface area contributed by atoms with Gasteiger partial charge in [-0.2, -0.15) is 0 Å². The van der Waals surface area contributed by atoms with Crippen LogP contribution in [0, 0.1) is 0 Å². The Morgan fingerprint density at radius 3 is 2.64 bits per heavy atom. The van der Waals surface area contributed by atoms with Crippen LogP contribution in [0.15, 0.2) is 6.07 Å². The molecule has 10 heteroatoms. The normalized spacial score (nSPS) is 18.1. The number of amides is 1. The van der Waals surface area contributed by atoms with Crippen LogP contribution in [0.2, 0.25) is 10.0 Å². The van der Waals surface area contributed by atoms with Crippen molar-refractivity contribution in [3.8, 4) is 5.75 Å². The van der Waals surface area contributed by atoms with Crippen LogP contribution in [0.4, 0.5) is 14.6 Å². The Labute approximate surface area is 169 Å². The minimum absolute atomic E-state index is 0.146. The van der Waals surface area contributed by atoms with E-state index < -0.39 is 25.0 Å². The summed E-state index contributed by atoms with van der Waals surface area (Å²) in [5.74, 6) is -2.52. The van der Waals surface area contributed by atoms with Gasteiger partial charge < -0.3 is 19.6 Å². The number of halogens is 4. The molecule has 0 aliphatic carbocycles. The monoisotopic (exact) mass is 431 g/mol. The fourth-order valence-electron chi connectivity index (χ4n) is 3.79. The van der Waals surface area contributed by atoms with Crippen molar-refractivity contribution in [3.63, 3.8) is 0 Å². The maximum Gasteiger partial charge on any atom is 0.266 e. The van der Waals surface area contributed by atoms with Gasteiger partial charge in [0.1, 0.15) is 23.2 Å². The molecule has 28 heavy (non-hydrogen) atoms. The van der Waals surface area contributed by atoms with E-state index >= 15 is 0 Å². The number of carbonyl (C=O) groups is 1. The van der Waals surface area contributed by atoms with Gasteiger partial charge in [-0.1, -0.05) is 23.2 Å². The van der Waals surface area contributed by atoms with Gasteiger partial charge in [-0.05, 0) is 11.6 Å². The minimum atomic E-state index is -2.80. The van der Waals surface area contributed by atoms with Crippen LogP contribution in [-0.4, -0.2) is 53.6 Å². The van der Waals surface area contributed by atoms with E-state index in [1.165, 1.54) is 16.9 Å². The van der Waals surface area contributed by atoms with E-state index in [2.05, 4.69) is 4.98 Å². The third-order valence-electron chi connectivity index (χ3n) is 5.20. The molecule has 1 aromatic carbocycles. The van der Waals surface area contributed by atoms with Gasteiger partial charge in [-0.25, -0.2) is 13.8 Å². The largest absolute Gasteiger partial charge is 0.495 e. The summed E-state index contributed by atoms with van der Waals surface area (Å²) in [5, 5.41) is 10.2. The maximum atomic E-state index is 13.8. The predicted octanol–water partition coefficient (Wildman–Crippen LogP) is 3.23. The second-order valence-electron chi connectivity index (χ2n) is 6.93. The van der Waals surface area contributed by atoms with Crippen LogP contribution >= 0.6 is 23.2 Å². The number of carbonyl (C=O) groups excluding carboxylic acids is 1. The number of alkyl halides is 2. The van der Waals surface area contributed by atoms with Crippen LogP contribution < -0.4 is 9.64 Å². The molecule has 0 radical (unpaired) electrons. The van der Waals surface area contributed by atoms with Gasteiger partial charge >= 0.3 is 0 Å². The van der Waals surface area contributed by atoms with Crippen molar-refractivity contribution < 1.29 is 23.4 Å².